The van der Waals surface area contributed by atoms with E-state index in [2.05, 4.69) is 25.8 Å². The zero-order chi connectivity index (χ0) is 31.5. The fraction of sp³-hybridized carbons (Fsp3) is 0.300. The van der Waals surface area contributed by atoms with Crippen LogP contribution in [0, 0.1) is 17.6 Å². The number of carbonyl (C=O) groups is 3. The van der Waals surface area contributed by atoms with Gasteiger partial charge in [0.25, 0.3) is 0 Å². The molecule has 44 heavy (non-hydrogen) atoms. The lowest BCUT2D eigenvalue weighted by molar-refractivity contribution is -0.132. The van der Waals surface area contributed by atoms with Gasteiger partial charge in [0.05, 0.1) is 18.3 Å². The van der Waals surface area contributed by atoms with Crippen LogP contribution < -0.4 is 20.3 Å². The third-order valence-corrected chi connectivity index (χ3v) is 7.26. The highest BCUT2D eigenvalue weighted by Crippen LogP contribution is 2.35. The lowest BCUT2D eigenvalue weighted by Gasteiger charge is -2.39. The number of ether oxygens (including phenoxy) is 1. The summed E-state index contributed by atoms with van der Waals surface area (Å²) < 4.78 is 34.6. The van der Waals surface area contributed by atoms with Gasteiger partial charge in [-0.3, -0.25) is 14.7 Å². The third kappa shape index (κ3) is 6.01. The average Bonchev–Trinajstić information content (AvgIpc) is 3.41. The minimum atomic E-state index is -1.30. The molecule has 0 bridgehead atoms. The average molecular weight is 608 g/mol. The molecule has 3 heterocycles. The first kappa shape index (κ1) is 30.4. The van der Waals surface area contributed by atoms with Gasteiger partial charge < -0.3 is 25.4 Å². The Morgan fingerprint density at radius 3 is 2.55 bits per heavy atom. The van der Waals surface area contributed by atoms with Gasteiger partial charge in [0.15, 0.2) is 23.0 Å². The number of H-pyrrole nitrogens is 1. The molecule has 4 aromatic rings. The second-order valence-corrected chi connectivity index (χ2v) is 10.5. The van der Waals surface area contributed by atoms with Crippen molar-refractivity contribution >= 4 is 46.1 Å². The van der Waals surface area contributed by atoms with Crippen LogP contribution in [0.5, 0.6) is 11.5 Å². The Labute approximate surface area is 251 Å². The summed E-state index contributed by atoms with van der Waals surface area (Å²) in [7, 11) is 0. The van der Waals surface area contributed by atoms with Crippen molar-refractivity contribution in [3.8, 4) is 11.5 Å². The Balaban J connectivity index is 1.35. The molecular weight excluding hydrogens is 576 g/mol. The minimum absolute atomic E-state index is 0.0632. The molecule has 1 saturated heterocycles. The SMILES string of the molecule is CC[C@H](CO)Nc1n[nH]c2nccc(Oc3ccc(NC(=O)C4CN(C(C)C)C(=O)N(c5ccc(F)cc5)C4=O)cc3F)c12. The maximum absolute atomic E-state index is 15.3. The van der Waals surface area contributed by atoms with E-state index in [4.69, 9.17) is 4.74 Å². The summed E-state index contributed by atoms with van der Waals surface area (Å²) in [6.45, 7) is 5.09. The standard InChI is InChI=1S/C30H31F2N7O5/c1-4-18(15-40)34-27-25-24(11-12-33-26(25)36-37-27)44-23-10-7-19(13-22(23)32)35-28(41)21-14-38(16(2)3)30(43)39(29(21)42)20-8-5-17(31)6-9-20/h5-13,16,18,21,40H,4,14-15H2,1-3H3,(H,35,41)(H2,33,34,36,37)/t18-,21?/m1/s1. The largest absolute Gasteiger partial charge is 0.453 e. The number of aromatic amines is 1. The van der Waals surface area contributed by atoms with Gasteiger partial charge in [0, 0.05) is 36.6 Å². The molecule has 2 atom stereocenters. The summed E-state index contributed by atoms with van der Waals surface area (Å²) in [4.78, 5) is 46.2. The zero-order valence-corrected chi connectivity index (χ0v) is 24.2. The van der Waals surface area contributed by atoms with E-state index in [9.17, 15) is 23.9 Å². The first-order valence-corrected chi connectivity index (χ1v) is 14.0. The van der Waals surface area contributed by atoms with E-state index in [1.807, 2.05) is 6.92 Å². The number of halogens is 2. The third-order valence-electron chi connectivity index (χ3n) is 7.26. The van der Waals surface area contributed by atoms with Gasteiger partial charge in [-0.05, 0) is 56.7 Å². The highest BCUT2D eigenvalue weighted by atomic mass is 19.1. The second-order valence-electron chi connectivity index (χ2n) is 10.5. The van der Waals surface area contributed by atoms with Gasteiger partial charge in [-0.15, -0.1) is 0 Å². The van der Waals surface area contributed by atoms with E-state index < -0.39 is 35.4 Å². The number of anilines is 3. The van der Waals surface area contributed by atoms with Crippen LogP contribution in [0.3, 0.4) is 0 Å². The van der Waals surface area contributed by atoms with Crippen LogP contribution in [0.4, 0.5) is 30.8 Å². The van der Waals surface area contributed by atoms with Gasteiger partial charge >= 0.3 is 6.03 Å². The van der Waals surface area contributed by atoms with E-state index in [0.717, 1.165) is 23.1 Å². The highest BCUT2D eigenvalue weighted by Gasteiger charge is 2.44. The maximum atomic E-state index is 15.3. The first-order chi connectivity index (χ1) is 21.1. The van der Waals surface area contributed by atoms with Crippen molar-refractivity contribution in [2.45, 2.75) is 39.3 Å². The number of fused-ring (bicyclic) bond motifs is 1. The predicted octanol–water partition coefficient (Wildman–Crippen LogP) is 4.64. The molecule has 0 saturated carbocycles. The Morgan fingerprint density at radius 2 is 1.89 bits per heavy atom. The number of amides is 4. The van der Waals surface area contributed by atoms with Gasteiger partial charge in [-0.1, -0.05) is 6.92 Å². The van der Waals surface area contributed by atoms with Crippen molar-refractivity contribution < 1.29 is 33.0 Å². The van der Waals surface area contributed by atoms with Crippen LogP contribution >= 0.6 is 0 Å². The minimum Gasteiger partial charge on any atom is -0.453 e. The van der Waals surface area contributed by atoms with Crippen LogP contribution in [-0.2, 0) is 9.59 Å². The summed E-state index contributed by atoms with van der Waals surface area (Å²) in [5.74, 6) is -3.68. The number of nitrogens with one attached hydrogen (secondary N) is 3. The molecule has 1 fully saturated rings. The van der Waals surface area contributed by atoms with Gasteiger partial charge in [-0.2, -0.15) is 5.10 Å². The van der Waals surface area contributed by atoms with Crippen LogP contribution in [0.15, 0.2) is 54.7 Å². The van der Waals surface area contributed by atoms with Crippen molar-refractivity contribution in [1.29, 1.82) is 0 Å². The fourth-order valence-corrected chi connectivity index (χ4v) is 4.78. The lowest BCUT2D eigenvalue weighted by Crippen LogP contribution is -2.61. The molecule has 0 spiro atoms. The molecule has 0 radical (unpaired) electrons. The molecule has 1 unspecified atom stereocenters. The normalized spacial score (nSPS) is 16.0. The predicted molar refractivity (Wildman–Crippen MR) is 158 cm³/mol. The Bertz CT molecular complexity index is 1690. The van der Waals surface area contributed by atoms with Gasteiger partial charge in [-0.25, -0.2) is 23.5 Å². The molecule has 230 valence electrons. The van der Waals surface area contributed by atoms with Crippen molar-refractivity contribution in [3.63, 3.8) is 0 Å². The van der Waals surface area contributed by atoms with Crippen LogP contribution in [0.1, 0.15) is 27.2 Å². The smallest absolute Gasteiger partial charge is 0.331 e. The van der Waals surface area contributed by atoms with E-state index in [0.29, 0.717) is 23.3 Å². The molecule has 2 aromatic carbocycles. The number of imide groups is 1. The van der Waals surface area contributed by atoms with E-state index >= 15 is 4.39 Å². The highest BCUT2D eigenvalue weighted by molar-refractivity contribution is 6.23. The summed E-state index contributed by atoms with van der Waals surface area (Å²) in [5, 5.41) is 22.7. The molecule has 1 aliphatic heterocycles. The summed E-state index contributed by atoms with van der Waals surface area (Å²) in [5.41, 5.74) is 0.580. The molecule has 0 aliphatic carbocycles. The van der Waals surface area contributed by atoms with Crippen molar-refractivity contribution in [2.75, 3.05) is 28.7 Å². The van der Waals surface area contributed by atoms with Crippen LogP contribution in [0.2, 0.25) is 0 Å². The number of rotatable bonds is 10. The van der Waals surface area contributed by atoms with Crippen LogP contribution in [0.25, 0.3) is 11.0 Å². The topological polar surface area (TPSA) is 153 Å². The van der Waals surface area contributed by atoms with Crippen molar-refractivity contribution in [2.24, 2.45) is 5.92 Å². The number of benzene rings is 2. The monoisotopic (exact) mass is 607 g/mol. The van der Waals surface area contributed by atoms with E-state index in [1.165, 1.54) is 35.4 Å². The maximum Gasteiger partial charge on any atom is 0.331 e. The first-order valence-electron chi connectivity index (χ1n) is 14.0. The number of pyridine rings is 1. The number of urea groups is 1. The zero-order valence-electron chi connectivity index (χ0n) is 24.2. The summed E-state index contributed by atoms with van der Waals surface area (Å²) in [6.07, 6.45) is 2.10. The van der Waals surface area contributed by atoms with Gasteiger partial charge in [0.1, 0.15) is 22.9 Å². The number of carbonyl (C=O) groups excluding carboxylic acids is 3. The molecule has 12 nitrogen and oxygen atoms in total. The van der Waals surface area contributed by atoms with Crippen LogP contribution in [-0.4, -0.2) is 68.3 Å². The number of aliphatic hydroxyl groups excluding tert-OH is 1. The molecule has 1 aliphatic rings. The Hall–Kier alpha value is -5.11. The number of aromatic nitrogens is 3. The molecular formula is C30H31F2N7O5. The van der Waals surface area contributed by atoms with E-state index in [-0.39, 0.29) is 48.1 Å². The number of hydrogen-bond acceptors (Lipinski definition) is 8. The Morgan fingerprint density at radius 1 is 1.14 bits per heavy atom. The van der Waals surface area contributed by atoms with Gasteiger partial charge in [0.2, 0.25) is 11.8 Å². The molecule has 14 heteroatoms. The quantitative estimate of drug-likeness (QED) is 0.190. The lowest BCUT2D eigenvalue weighted by atomic mass is 10.0. The summed E-state index contributed by atoms with van der Waals surface area (Å²) in [6, 6.07) is 8.89. The van der Waals surface area contributed by atoms with Crippen molar-refractivity contribution in [3.05, 3.63) is 66.4 Å². The molecule has 2 aromatic heterocycles. The number of nitrogens with zero attached hydrogens (tertiary/aromatic N) is 4. The summed E-state index contributed by atoms with van der Waals surface area (Å²) >= 11 is 0. The van der Waals surface area contributed by atoms with Crippen molar-refractivity contribution in [1.82, 2.24) is 20.1 Å². The van der Waals surface area contributed by atoms with E-state index in [1.54, 1.807) is 19.9 Å². The number of aliphatic hydroxyl groups is 1. The Kier molecular flexibility index (Phi) is 8.71. The molecule has 5 rings (SSSR count). The second kappa shape index (κ2) is 12.6. The molecule has 4 N–H and O–H groups in total. The number of hydrogen-bond donors (Lipinski definition) is 4. The fourth-order valence-electron chi connectivity index (χ4n) is 4.78. The molecule has 4 amide bonds.